The maximum atomic E-state index is 11.4. The van der Waals surface area contributed by atoms with Crippen molar-refractivity contribution in [1.29, 1.82) is 0 Å². The Hall–Kier alpha value is -1.88. The second-order valence-corrected chi connectivity index (χ2v) is 4.83. The van der Waals surface area contributed by atoms with E-state index in [2.05, 4.69) is 10.5 Å². The van der Waals surface area contributed by atoms with Gasteiger partial charge in [0.15, 0.2) is 6.54 Å². The maximum absolute atomic E-state index is 11.4. The molecule has 5 nitrogen and oxygen atoms in total. The summed E-state index contributed by atoms with van der Waals surface area (Å²) in [6.07, 6.45) is 1.53. The Labute approximate surface area is 101 Å². The quantitative estimate of drug-likeness (QED) is 0.455. The molecule has 2 N–H and O–H groups in total. The first-order valence-corrected chi connectivity index (χ1v) is 5.28. The molecular weight excluding hydrogens is 218 g/mol. The van der Waals surface area contributed by atoms with Gasteiger partial charge in [-0.15, -0.1) is 0 Å². The number of benzene rings is 1. The van der Waals surface area contributed by atoms with E-state index in [0.29, 0.717) is 11.0 Å². The first-order chi connectivity index (χ1) is 7.87. The van der Waals surface area contributed by atoms with Crippen molar-refractivity contribution in [2.45, 2.75) is 0 Å². The fraction of sp³-hybridized carbons (Fsp3) is 0.333. The molecule has 92 valence electrons. The zero-order valence-corrected chi connectivity index (χ0v) is 10.3. The molecule has 0 aliphatic rings. The zero-order valence-electron chi connectivity index (χ0n) is 10.3. The van der Waals surface area contributed by atoms with E-state index in [1.807, 2.05) is 21.1 Å². The number of rotatable bonds is 4. The van der Waals surface area contributed by atoms with Gasteiger partial charge in [-0.2, -0.15) is 5.10 Å². The van der Waals surface area contributed by atoms with Crippen molar-refractivity contribution in [3.63, 3.8) is 0 Å². The summed E-state index contributed by atoms with van der Waals surface area (Å²) in [6, 6.07) is 6.56. The van der Waals surface area contributed by atoms with Crippen molar-refractivity contribution in [3.05, 3.63) is 29.8 Å². The highest BCUT2D eigenvalue weighted by atomic mass is 16.3. The lowest BCUT2D eigenvalue weighted by Gasteiger charge is -2.21. The van der Waals surface area contributed by atoms with Gasteiger partial charge in [0.2, 0.25) is 0 Å². The molecule has 0 spiro atoms. The monoisotopic (exact) mass is 236 g/mol. The Balaban J connectivity index is 2.45. The fourth-order valence-electron chi connectivity index (χ4n) is 1.21. The Kier molecular flexibility index (Phi) is 4.23. The van der Waals surface area contributed by atoms with Crippen LogP contribution >= 0.6 is 0 Å². The molecular formula is C12H18N3O2+. The van der Waals surface area contributed by atoms with Gasteiger partial charge in [0, 0.05) is 0 Å². The molecule has 1 rings (SSSR count). The highest BCUT2D eigenvalue weighted by Gasteiger charge is 2.12. The fourth-order valence-corrected chi connectivity index (χ4v) is 1.21. The minimum absolute atomic E-state index is 0.132. The largest absolute Gasteiger partial charge is 0.508 e. The topological polar surface area (TPSA) is 61.7 Å². The standard InChI is InChI=1S/C12H17N3O2/c1-15(2,3)9-12(17)14-13-8-10-4-6-11(16)7-5-10/h4-8H,9H2,1-3H3,(H-,13,14,16,17)/p+1. The molecule has 1 amide bonds. The van der Waals surface area contributed by atoms with Crippen molar-refractivity contribution < 1.29 is 14.4 Å². The van der Waals surface area contributed by atoms with Crippen molar-refractivity contribution in [2.24, 2.45) is 5.10 Å². The molecule has 0 fully saturated rings. The number of phenolic OH excluding ortho intramolecular Hbond substituents is 1. The summed E-state index contributed by atoms with van der Waals surface area (Å²) in [5.41, 5.74) is 3.27. The lowest BCUT2D eigenvalue weighted by molar-refractivity contribution is -0.862. The third-order valence-electron chi connectivity index (χ3n) is 1.91. The van der Waals surface area contributed by atoms with E-state index in [4.69, 9.17) is 5.11 Å². The van der Waals surface area contributed by atoms with Crippen LogP contribution in [0.3, 0.4) is 0 Å². The molecule has 1 aromatic carbocycles. The predicted molar refractivity (Wildman–Crippen MR) is 66.7 cm³/mol. The number of hydrogen-bond donors (Lipinski definition) is 2. The smallest absolute Gasteiger partial charge is 0.295 e. The molecule has 5 heteroatoms. The second-order valence-electron chi connectivity index (χ2n) is 4.83. The van der Waals surface area contributed by atoms with Crippen molar-refractivity contribution in [2.75, 3.05) is 27.7 Å². The molecule has 0 atom stereocenters. The molecule has 0 bridgehead atoms. The maximum Gasteiger partial charge on any atom is 0.295 e. The van der Waals surface area contributed by atoms with Crippen LogP contribution in [0.5, 0.6) is 5.75 Å². The van der Waals surface area contributed by atoms with E-state index >= 15 is 0 Å². The minimum Gasteiger partial charge on any atom is -0.508 e. The molecule has 0 unspecified atom stereocenters. The highest BCUT2D eigenvalue weighted by molar-refractivity contribution is 5.82. The highest BCUT2D eigenvalue weighted by Crippen LogP contribution is 2.07. The normalized spacial score (nSPS) is 11.7. The molecule has 0 saturated heterocycles. The van der Waals surface area contributed by atoms with Gasteiger partial charge < -0.3 is 9.59 Å². The summed E-state index contributed by atoms with van der Waals surface area (Å²) < 4.78 is 0.556. The third kappa shape index (κ3) is 5.67. The van der Waals surface area contributed by atoms with E-state index in [1.165, 1.54) is 6.21 Å². The number of nitrogens with one attached hydrogen (secondary N) is 1. The minimum atomic E-state index is -0.132. The molecule has 0 heterocycles. The van der Waals surface area contributed by atoms with Crippen molar-refractivity contribution >= 4 is 12.1 Å². The van der Waals surface area contributed by atoms with E-state index in [0.717, 1.165) is 5.56 Å². The van der Waals surface area contributed by atoms with Crippen LogP contribution < -0.4 is 5.43 Å². The Morgan fingerprint density at radius 2 is 1.94 bits per heavy atom. The van der Waals surface area contributed by atoms with Crippen LogP contribution in [0.15, 0.2) is 29.4 Å². The van der Waals surface area contributed by atoms with Crippen LogP contribution in [0.4, 0.5) is 0 Å². The van der Waals surface area contributed by atoms with Crippen LogP contribution in [-0.4, -0.2) is 49.4 Å². The van der Waals surface area contributed by atoms with Gasteiger partial charge in [0.1, 0.15) is 5.75 Å². The van der Waals surface area contributed by atoms with Crippen LogP contribution in [0.1, 0.15) is 5.56 Å². The molecule has 0 aromatic heterocycles. The van der Waals surface area contributed by atoms with E-state index in [9.17, 15) is 4.79 Å². The summed E-state index contributed by atoms with van der Waals surface area (Å²) in [6.45, 7) is 0.368. The predicted octanol–water partition coefficient (Wildman–Crippen LogP) is 0.549. The number of likely N-dealkylation sites (N-methyl/N-ethyl adjacent to an activating group) is 1. The Bertz CT molecular complexity index is 405. The zero-order chi connectivity index (χ0) is 12.9. The molecule has 0 radical (unpaired) electrons. The number of carbonyl (C=O) groups is 1. The van der Waals surface area contributed by atoms with Crippen LogP contribution in [-0.2, 0) is 4.79 Å². The third-order valence-corrected chi connectivity index (χ3v) is 1.91. The van der Waals surface area contributed by atoms with Gasteiger partial charge >= 0.3 is 0 Å². The number of amides is 1. The van der Waals surface area contributed by atoms with Gasteiger partial charge in [-0.3, -0.25) is 4.79 Å². The summed E-state index contributed by atoms with van der Waals surface area (Å²) in [7, 11) is 5.80. The average molecular weight is 236 g/mol. The molecule has 17 heavy (non-hydrogen) atoms. The number of aromatic hydroxyl groups is 1. The van der Waals surface area contributed by atoms with Crippen LogP contribution in [0.2, 0.25) is 0 Å². The lowest BCUT2D eigenvalue weighted by Crippen LogP contribution is -2.43. The number of carbonyl (C=O) groups excluding carboxylic acids is 1. The molecule has 0 saturated carbocycles. The first kappa shape index (κ1) is 13.2. The second kappa shape index (κ2) is 5.45. The number of hydrazone groups is 1. The lowest BCUT2D eigenvalue weighted by atomic mass is 10.2. The number of quaternary nitrogens is 1. The average Bonchev–Trinajstić information content (AvgIpc) is 2.18. The van der Waals surface area contributed by atoms with Gasteiger partial charge in [-0.05, 0) is 29.8 Å². The van der Waals surface area contributed by atoms with E-state index in [1.54, 1.807) is 24.3 Å². The van der Waals surface area contributed by atoms with E-state index in [-0.39, 0.29) is 11.7 Å². The summed E-state index contributed by atoms with van der Waals surface area (Å²) in [5.74, 6) is 0.0729. The SMILES string of the molecule is C[N+](C)(C)CC(=O)NN=Cc1ccc(O)cc1. The van der Waals surface area contributed by atoms with Crippen molar-refractivity contribution in [3.8, 4) is 5.75 Å². The van der Waals surface area contributed by atoms with Crippen LogP contribution in [0, 0.1) is 0 Å². The van der Waals surface area contributed by atoms with E-state index < -0.39 is 0 Å². The van der Waals surface area contributed by atoms with Gasteiger partial charge in [-0.1, -0.05) is 0 Å². The Morgan fingerprint density at radius 3 is 2.47 bits per heavy atom. The number of nitrogens with zero attached hydrogens (tertiary/aromatic N) is 2. The first-order valence-electron chi connectivity index (χ1n) is 5.28. The molecule has 0 aliphatic carbocycles. The van der Waals surface area contributed by atoms with Crippen molar-refractivity contribution in [1.82, 2.24) is 5.43 Å². The summed E-state index contributed by atoms with van der Waals surface area (Å²) in [4.78, 5) is 11.4. The molecule has 0 aliphatic heterocycles. The van der Waals surface area contributed by atoms with Gasteiger partial charge in [-0.25, -0.2) is 5.43 Å². The number of hydrogen-bond acceptors (Lipinski definition) is 3. The van der Waals surface area contributed by atoms with Crippen LogP contribution in [0.25, 0.3) is 0 Å². The molecule has 1 aromatic rings. The number of phenols is 1. The van der Waals surface area contributed by atoms with Gasteiger partial charge in [0.25, 0.3) is 5.91 Å². The van der Waals surface area contributed by atoms with Gasteiger partial charge in [0.05, 0.1) is 27.4 Å². The Morgan fingerprint density at radius 1 is 1.35 bits per heavy atom. The summed E-state index contributed by atoms with van der Waals surface area (Å²) in [5, 5.41) is 12.9. The summed E-state index contributed by atoms with van der Waals surface area (Å²) >= 11 is 0.